The van der Waals surface area contributed by atoms with Crippen LogP contribution in [0, 0.1) is 29.1 Å². The van der Waals surface area contributed by atoms with Gasteiger partial charge < -0.3 is 13.3 Å². The summed E-state index contributed by atoms with van der Waals surface area (Å²) in [5.74, 6) is 2.37. The first-order valence-corrected chi connectivity index (χ1v) is 29.8. The summed E-state index contributed by atoms with van der Waals surface area (Å²) in [7, 11) is -5.65. The van der Waals surface area contributed by atoms with Crippen molar-refractivity contribution in [2.24, 2.45) is 29.1 Å². The monoisotopic (exact) mass is 771 g/mol. The van der Waals surface area contributed by atoms with Gasteiger partial charge >= 0.3 is 0 Å². The standard InChI is InChI=1S/C46H86O3Si3/c1-20-52(21-2,22-3)49-45(13,14)35(5)26-25-34(4)39-29-30-40-38(24-23-31-46(39,40)15)28-27-37-32-41(47-50(16,17)43(7,8)9)36(6)42(33-37)48-51(18,19)44(10,11)12/h25-28,34-35,39-42H,6,20-24,29-33H2,1-5,7-19H3/b26-25+,38-28+/t34-,35-,39?,40?,41-,42-,46-/m1/s1. The number of fused-ring (bicyclic) bond motifs is 1. The molecule has 0 aliphatic heterocycles. The van der Waals surface area contributed by atoms with Crippen LogP contribution in [-0.4, -0.2) is 42.8 Å². The fourth-order valence-corrected chi connectivity index (χ4v) is 15.0. The quantitative estimate of drug-likeness (QED) is 0.130. The SMILES string of the molecule is C=C1[C@H](O[Si](C)(C)C(C)(C)C)CC(=C/C=C2\CCC[C@@]3(C)C2CCC3[C@H](C)/C=C/[C@@H](C)C(C)(C)O[Si](CC)(CC)CC)C[C@H]1O[Si](C)(C)C(C)(C)C. The molecule has 52 heavy (non-hydrogen) atoms. The second-order valence-electron chi connectivity index (χ2n) is 21.4. The van der Waals surface area contributed by atoms with Crippen molar-refractivity contribution < 1.29 is 13.3 Å². The molecular weight excluding hydrogens is 685 g/mol. The average Bonchev–Trinajstić information content (AvgIpc) is 3.39. The highest BCUT2D eigenvalue weighted by atomic mass is 28.4. The van der Waals surface area contributed by atoms with Crippen LogP contribution >= 0.6 is 0 Å². The van der Waals surface area contributed by atoms with Crippen molar-refractivity contribution in [3.8, 4) is 0 Å². The molecule has 0 aromatic heterocycles. The average molecular weight is 771 g/mol. The first-order chi connectivity index (χ1) is 23.7. The smallest absolute Gasteiger partial charge is 0.192 e. The van der Waals surface area contributed by atoms with Crippen molar-refractivity contribution in [3.63, 3.8) is 0 Å². The van der Waals surface area contributed by atoms with Crippen molar-refractivity contribution in [2.45, 2.75) is 214 Å². The predicted molar refractivity (Wildman–Crippen MR) is 237 cm³/mol. The van der Waals surface area contributed by atoms with Crippen molar-refractivity contribution >= 4 is 25.0 Å². The van der Waals surface area contributed by atoms with E-state index in [0.29, 0.717) is 23.2 Å². The minimum Gasteiger partial charge on any atom is -0.411 e. The number of rotatable bonds is 14. The lowest BCUT2D eigenvalue weighted by molar-refractivity contribution is 0.0584. The molecule has 3 rings (SSSR count). The van der Waals surface area contributed by atoms with E-state index >= 15 is 0 Å². The summed E-state index contributed by atoms with van der Waals surface area (Å²) in [5, 5.41) is 0.303. The number of hydrogen-bond acceptors (Lipinski definition) is 3. The zero-order valence-corrected chi connectivity index (χ0v) is 40.8. The molecule has 0 spiro atoms. The van der Waals surface area contributed by atoms with Crippen molar-refractivity contribution in [1.82, 2.24) is 0 Å². The minimum atomic E-state index is -1.99. The summed E-state index contributed by atoms with van der Waals surface area (Å²) < 4.78 is 21.3. The van der Waals surface area contributed by atoms with E-state index in [2.05, 4.69) is 154 Å². The van der Waals surface area contributed by atoms with E-state index in [9.17, 15) is 0 Å². The predicted octanol–water partition coefficient (Wildman–Crippen LogP) is 14.8. The molecule has 3 nitrogen and oxygen atoms in total. The van der Waals surface area contributed by atoms with Gasteiger partial charge in [-0.1, -0.05) is 125 Å². The van der Waals surface area contributed by atoms with Crippen LogP contribution in [-0.2, 0) is 13.3 Å². The zero-order valence-electron chi connectivity index (χ0n) is 37.8. The maximum absolute atomic E-state index is 7.14. The lowest BCUT2D eigenvalue weighted by Crippen LogP contribution is -2.49. The Kier molecular flexibility index (Phi) is 14.9. The van der Waals surface area contributed by atoms with Gasteiger partial charge in [0.15, 0.2) is 25.0 Å². The summed E-state index contributed by atoms with van der Waals surface area (Å²) in [4.78, 5) is 0. The van der Waals surface area contributed by atoms with Gasteiger partial charge in [0.25, 0.3) is 0 Å². The molecule has 0 N–H and O–H groups in total. The Balaban J connectivity index is 1.85. The van der Waals surface area contributed by atoms with Gasteiger partial charge in [0.2, 0.25) is 0 Å². The van der Waals surface area contributed by atoms with Gasteiger partial charge in [-0.25, -0.2) is 0 Å². The molecule has 6 heteroatoms. The molecule has 0 aromatic carbocycles. The molecule has 0 amide bonds. The van der Waals surface area contributed by atoms with Crippen molar-refractivity contribution in [3.05, 3.63) is 47.6 Å². The van der Waals surface area contributed by atoms with Gasteiger partial charge in [-0.2, -0.15) is 0 Å². The number of hydrogen-bond donors (Lipinski definition) is 0. The Bertz CT molecular complexity index is 1250. The second kappa shape index (κ2) is 16.9. The Hall–Kier alpha value is -0.509. The van der Waals surface area contributed by atoms with E-state index < -0.39 is 25.0 Å². The van der Waals surface area contributed by atoms with Gasteiger partial charge in [0.1, 0.15) is 0 Å². The molecule has 0 aromatic rings. The Morgan fingerprint density at radius 2 is 1.29 bits per heavy atom. The normalized spacial score (nSPS) is 29.2. The maximum Gasteiger partial charge on any atom is 0.192 e. The summed E-state index contributed by atoms with van der Waals surface area (Å²) >= 11 is 0. The molecule has 3 aliphatic rings. The Morgan fingerprint density at radius 1 is 0.788 bits per heavy atom. The van der Waals surface area contributed by atoms with E-state index in [1.54, 1.807) is 5.57 Å². The van der Waals surface area contributed by atoms with Gasteiger partial charge in [-0.15, -0.1) is 0 Å². The van der Waals surface area contributed by atoms with Crippen LogP contribution in [0.5, 0.6) is 0 Å². The Labute approximate surface area is 327 Å². The van der Waals surface area contributed by atoms with Crippen LogP contribution in [0.15, 0.2) is 47.6 Å². The fourth-order valence-electron chi connectivity index (χ4n) is 9.16. The highest BCUT2D eigenvalue weighted by Gasteiger charge is 2.51. The molecule has 0 bridgehead atoms. The van der Waals surface area contributed by atoms with E-state index in [1.165, 1.54) is 55.8 Å². The molecule has 300 valence electrons. The molecule has 7 atom stereocenters. The molecule has 3 aliphatic carbocycles. The van der Waals surface area contributed by atoms with Gasteiger partial charge in [0, 0.05) is 5.92 Å². The van der Waals surface area contributed by atoms with E-state index in [1.807, 2.05) is 0 Å². The zero-order chi connectivity index (χ0) is 39.7. The minimum absolute atomic E-state index is 0.0247. The van der Waals surface area contributed by atoms with Crippen LogP contribution in [0.1, 0.15) is 142 Å². The highest BCUT2D eigenvalue weighted by Crippen LogP contribution is 2.59. The highest BCUT2D eigenvalue weighted by molar-refractivity contribution is 6.74. The molecule has 0 heterocycles. The third-order valence-electron chi connectivity index (χ3n) is 15.6. The van der Waals surface area contributed by atoms with Crippen molar-refractivity contribution in [1.29, 1.82) is 0 Å². The third-order valence-corrected chi connectivity index (χ3v) is 29.4. The molecule has 0 saturated heterocycles. The summed E-state index contributed by atoms with van der Waals surface area (Å²) in [6.07, 6.45) is 18.6. The van der Waals surface area contributed by atoms with Crippen LogP contribution in [0.2, 0.25) is 54.4 Å². The molecular formula is C46H86O3Si3. The van der Waals surface area contributed by atoms with Crippen LogP contribution in [0.3, 0.4) is 0 Å². The van der Waals surface area contributed by atoms with E-state index in [-0.39, 0.29) is 27.9 Å². The van der Waals surface area contributed by atoms with Gasteiger partial charge in [-0.3, -0.25) is 0 Å². The third kappa shape index (κ3) is 10.3. The largest absolute Gasteiger partial charge is 0.411 e. The number of allylic oxidation sites excluding steroid dienone is 4. The molecule has 3 fully saturated rings. The lowest BCUT2D eigenvalue weighted by Gasteiger charge is -2.46. The summed E-state index contributed by atoms with van der Waals surface area (Å²) in [6, 6.07) is 3.61. The van der Waals surface area contributed by atoms with Crippen LogP contribution < -0.4 is 0 Å². The first kappa shape index (κ1) is 45.9. The molecule has 3 saturated carbocycles. The summed E-state index contributed by atoms with van der Waals surface area (Å²) in [5.41, 5.74) is 4.56. The van der Waals surface area contributed by atoms with Gasteiger partial charge in [-0.05, 0) is 142 Å². The maximum atomic E-state index is 7.14. The fraction of sp³-hybridized carbons (Fsp3) is 0.826. The van der Waals surface area contributed by atoms with Gasteiger partial charge in [0.05, 0.1) is 17.8 Å². The second-order valence-corrected chi connectivity index (χ2v) is 35.6. The molecule has 2 unspecified atom stereocenters. The van der Waals surface area contributed by atoms with E-state index in [4.69, 9.17) is 13.3 Å². The van der Waals surface area contributed by atoms with E-state index in [0.717, 1.165) is 24.3 Å². The summed E-state index contributed by atoms with van der Waals surface area (Å²) in [6.45, 7) is 47.5. The molecule has 0 radical (unpaired) electrons. The first-order valence-electron chi connectivity index (χ1n) is 21.5. The van der Waals surface area contributed by atoms with Crippen molar-refractivity contribution in [2.75, 3.05) is 0 Å². The van der Waals surface area contributed by atoms with Crippen LogP contribution in [0.4, 0.5) is 0 Å². The Morgan fingerprint density at radius 3 is 1.75 bits per heavy atom. The topological polar surface area (TPSA) is 27.7 Å². The lowest BCUT2D eigenvalue weighted by atomic mass is 9.61. The van der Waals surface area contributed by atoms with Crippen LogP contribution in [0.25, 0.3) is 0 Å².